The first kappa shape index (κ1) is 17.1. The minimum atomic E-state index is 0.731. The number of nitrogens with zero attached hydrogens (tertiary/aromatic N) is 2. The van der Waals surface area contributed by atoms with Crippen molar-refractivity contribution in [3.8, 4) is 0 Å². The maximum Gasteiger partial charge on any atom is 0.0366 e. The van der Waals surface area contributed by atoms with Crippen molar-refractivity contribution in [2.75, 3.05) is 31.1 Å². The van der Waals surface area contributed by atoms with E-state index in [0.29, 0.717) is 0 Å². The molecule has 0 aromatic heterocycles. The second-order valence-electron chi connectivity index (χ2n) is 6.72. The number of rotatable bonds is 8. The highest BCUT2D eigenvalue weighted by molar-refractivity contribution is 5.49. The highest BCUT2D eigenvalue weighted by Crippen LogP contribution is 2.24. The SMILES string of the molecule is C=C(C)Cc1ccc(N2CCC(N(CCC)CCC)C2)cc1. The van der Waals surface area contributed by atoms with Crippen molar-refractivity contribution in [2.24, 2.45) is 0 Å². The molecule has 122 valence electrons. The topological polar surface area (TPSA) is 6.48 Å². The van der Waals surface area contributed by atoms with Crippen molar-refractivity contribution in [1.29, 1.82) is 0 Å². The molecule has 1 heterocycles. The lowest BCUT2D eigenvalue weighted by Gasteiger charge is -2.28. The van der Waals surface area contributed by atoms with E-state index in [-0.39, 0.29) is 0 Å². The van der Waals surface area contributed by atoms with E-state index >= 15 is 0 Å². The Hall–Kier alpha value is -1.28. The summed E-state index contributed by atoms with van der Waals surface area (Å²) < 4.78 is 0. The maximum atomic E-state index is 4.00. The van der Waals surface area contributed by atoms with Gasteiger partial charge in [-0.05, 0) is 63.4 Å². The van der Waals surface area contributed by atoms with Gasteiger partial charge in [-0.3, -0.25) is 4.90 Å². The van der Waals surface area contributed by atoms with Crippen LogP contribution in [0.3, 0.4) is 0 Å². The molecule has 0 bridgehead atoms. The zero-order valence-electron chi connectivity index (χ0n) is 14.6. The second kappa shape index (κ2) is 8.38. The van der Waals surface area contributed by atoms with E-state index in [1.54, 1.807) is 0 Å². The normalized spacial score (nSPS) is 18.2. The first-order valence-corrected chi connectivity index (χ1v) is 8.86. The molecule has 1 aromatic rings. The molecule has 1 fully saturated rings. The van der Waals surface area contributed by atoms with Crippen LogP contribution in [-0.2, 0) is 6.42 Å². The van der Waals surface area contributed by atoms with Crippen LogP contribution in [-0.4, -0.2) is 37.1 Å². The van der Waals surface area contributed by atoms with Crippen LogP contribution in [0.1, 0.15) is 45.6 Å². The van der Waals surface area contributed by atoms with Crippen LogP contribution in [0.4, 0.5) is 5.69 Å². The number of hydrogen-bond donors (Lipinski definition) is 0. The third-order valence-corrected chi connectivity index (χ3v) is 4.51. The number of benzene rings is 1. The maximum absolute atomic E-state index is 4.00. The Labute approximate surface area is 136 Å². The fourth-order valence-electron chi connectivity index (χ4n) is 3.50. The molecule has 1 aliphatic heterocycles. The van der Waals surface area contributed by atoms with Crippen molar-refractivity contribution in [3.63, 3.8) is 0 Å². The van der Waals surface area contributed by atoms with Gasteiger partial charge < -0.3 is 4.90 Å². The summed E-state index contributed by atoms with van der Waals surface area (Å²) in [6.07, 6.45) is 4.80. The Morgan fingerprint density at radius 3 is 2.36 bits per heavy atom. The van der Waals surface area contributed by atoms with Crippen molar-refractivity contribution in [3.05, 3.63) is 42.0 Å². The van der Waals surface area contributed by atoms with E-state index in [0.717, 1.165) is 12.5 Å². The Morgan fingerprint density at radius 2 is 1.82 bits per heavy atom. The van der Waals surface area contributed by atoms with Gasteiger partial charge in [0, 0.05) is 24.8 Å². The monoisotopic (exact) mass is 300 g/mol. The van der Waals surface area contributed by atoms with Crippen molar-refractivity contribution < 1.29 is 0 Å². The average molecular weight is 300 g/mol. The number of anilines is 1. The molecule has 1 aromatic carbocycles. The van der Waals surface area contributed by atoms with E-state index in [1.165, 1.54) is 62.3 Å². The second-order valence-corrected chi connectivity index (χ2v) is 6.72. The third-order valence-electron chi connectivity index (χ3n) is 4.51. The van der Waals surface area contributed by atoms with E-state index in [2.05, 4.69) is 61.4 Å². The predicted octanol–water partition coefficient (Wildman–Crippen LogP) is 4.51. The van der Waals surface area contributed by atoms with E-state index < -0.39 is 0 Å². The van der Waals surface area contributed by atoms with Crippen LogP contribution in [0, 0.1) is 0 Å². The zero-order valence-corrected chi connectivity index (χ0v) is 14.6. The molecule has 1 atom stereocenters. The summed E-state index contributed by atoms with van der Waals surface area (Å²) in [5, 5.41) is 0. The smallest absolute Gasteiger partial charge is 0.0366 e. The van der Waals surface area contributed by atoms with Crippen LogP contribution in [0.25, 0.3) is 0 Å². The summed E-state index contributed by atoms with van der Waals surface area (Å²) in [7, 11) is 0. The van der Waals surface area contributed by atoms with Crippen LogP contribution in [0.2, 0.25) is 0 Å². The van der Waals surface area contributed by atoms with E-state index in [9.17, 15) is 0 Å². The zero-order chi connectivity index (χ0) is 15.9. The van der Waals surface area contributed by atoms with Crippen LogP contribution in [0.15, 0.2) is 36.4 Å². The highest BCUT2D eigenvalue weighted by Gasteiger charge is 2.26. The molecule has 0 spiro atoms. The summed E-state index contributed by atoms with van der Waals surface area (Å²) in [6.45, 7) is 15.5. The van der Waals surface area contributed by atoms with Gasteiger partial charge in [0.1, 0.15) is 0 Å². The molecule has 1 unspecified atom stereocenters. The lowest BCUT2D eigenvalue weighted by atomic mass is 10.1. The van der Waals surface area contributed by atoms with Gasteiger partial charge in [-0.1, -0.05) is 38.1 Å². The number of hydrogen-bond acceptors (Lipinski definition) is 2. The summed E-state index contributed by atoms with van der Waals surface area (Å²) in [5.74, 6) is 0. The first-order chi connectivity index (χ1) is 10.6. The average Bonchev–Trinajstić information content (AvgIpc) is 2.97. The molecule has 0 saturated carbocycles. The molecule has 0 amide bonds. The summed E-state index contributed by atoms with van der Waals surface area (Å²) in [5.41, 5.74) is 3.97. The van der Waals surface area contributed by atoms with Gasteiger partial charge >= 0.3 is 0 Å². The van der Waals surface area contributed by atoms with E-state index in [4.69, 9.17) is 0 Å². The first-order valence-electron chi connectivity index (χ1n) is 8.86. The molecule has 1 aliphatic rings. The van der Waals surface area contributed by atoms with Gasteiger partial charge in [-0.2, -0.15) is 0 Å². The molecule has 22 heavy (non-hydrogen) atoms. The fourth-order valence-corrected chi connectivity index (χ4v) is 3.50. The molecule has 2 heteroatoms. The Balaban J connectivity index is 1.95. The lowest BCUT2D eigenvalue weighted by Crippen LogP contribution is -2.38. The Kier molecular flexibility index (Phi) is 6.50. The molecule has 2 rings (SSSR count). The molecular formula is C20H32N2. The molecule has 0 aliphatic carbocycles. The third kappa shape index (κ3) is 4.61. The minimum absolute atomic E-state index is 0.731. The molecule has 1 saturated heterocycles. The van der Waals surface area contributed by atoms with Crippen LogP contribution >= 0.6 is 0 Å². The summed E-state index contributed by atoms with van der Waals surface area (Å²) in [6, 6.07) is 9.81. The summed E-state index contributed by atoms with van der Waals surface area (Å²) in [4.78, 5) is 5.24. The van der Waals surface area contributed by atoms with Crippen molar-refractivity contribution in [1.82, 2.24) is 4.90 Å². The van der Waals surface area contributed by atoms with Gasteiger partial charge in [0.2, 0.25) is 0 Å². The minimum Gasteiger partial charge on any atom is -0.370 e. The predicted molar refractivity (Wildman–Crippen MR) is 97.7 cm³/mol. The van der Waals surface area contributed by atoms with E-state index in [1.807, 2.05) is 0 Å². The van der Waals surface area contributed by atoms with Gasteiger partial charge in [0.05, 0.1) is 0 Å². The highest BCUT2D eigenvalue weighted by atomic mass is 15.3. The molecular weight excluding hydrogens is 268 g/mol. The number of allylic oxidation sites excluding steroid dienone is 1. The van der Waals surface area contributed by atoms with Crippen molar-refractivity contribution in [2.45, 2.75) is 52.5 Å². The molecule has 2 nitrogen and oxygen atoms in total. The lowest BCUT2D eigenvalue weighted by molar-refractivity contribution is 0.210. The molecule has 0 radical (unpaired) electrons. The van der Waals surface area contributed by atoms with Gasteiger partial charge in [0.15, 0.2) is 0 Å². The van der Waals surface area contributed by atoms with Crippen LogP contribution in [0.5, 0.6) is 0 Å². The summed E-state index contributed by atoms with van der Waals surface area (Å²) >= 11 is 0. The Bertz CT molecular complexity index is 457. The molecule has 0 N–H and O–H groups in total. The Morgan fingerprint density at radius 1 is 1.18 bits per heavy atom. The standard InChI is InChI=1S/C20H32N2/c1-5-12-21(13-6-2)20-11-14-22(16-20)19-9-7-18(8-10-19)15-17(3)4/h7-10,20H,3,5-6,11-16H2,1-2,4H3. The van der Waals surface area contributed by atoms with Crippen molar-refractivity contribution >= 4 is 5.69 Å². The van der Waals surface area contributed by atoms with Gasteiger partial charge in [-0.15, -0.1) is 0 Å². The van der Waals surface area contributed by atoms with Crippen LogP contribution < -0.4 is 4.90 Å². The largest absolute Gasteiger partial charge is 0.370 e. The van der Waals surface area contributed by atoms with Gasteiger partial charge in [0.25, 0.3) is 0 Å². The van der Waals surface area contributed by atoms with Gasteiger partial charge in [-0.25, -0.2) is 0 Å². The fraction of sp³-hybridized carbons (Fsp3) is 0.600. The quantitative estimate of drug-likeness (QED) is 0.652.